The molecule has 0 aliphatic carbocycles. The second kappa shape index (κ2) is 5.90. The molecule has 0 saturated carbocycles. The van der Waals surface area contributed by atoms with Crippen LogP contribution < -0.4 is 4.74 Å². The van der Waals surface area contributed by atoms with Gasteiger partial charge < -0.3 is 4.74 Å². The minimum absolute atomic E-state index is 0.298. The molecule has 1 aliphatic heterocycles. The lowest BCUT2D eigenvalue weighted by molar-refractivity contribution is 0.238. The Bertz CT molecular complexity index is 641. The van der Waals surface area contributed by atoms with Crippen LogP contribution in [0.1, 0.15) is 35.8 Å². The molecule has 2 aromatic rings. The number of rotatable bonds is 4. The first-order chi connectivity index (χ1) is 10.1. The van der Waals surface area contributed by atoms with Crippen molar-refractivity contribution < 1.29 is 4.74 Å². The van der Waals surface area contributed by atoms with Crippen LogP contribution in [-0.4, -0.2) is 37.9 Å². The maximum absolute atomic E-state index is 6.13. The van der Waals surface area contributed by atoms with Gasteiger partial charge in [-0.3, -0.25) is 4.90 Å². The number of hydrogen-bond donors (Lipinski definition) is 0. The molecular formula is C13H18ClN5OS. The van der Waals surface area contributed by atoms with E-state index in [0.29, 0.717) is 10.4 Å². The van der Waals surface area contributed by atoms with E-state index in [1.807, 2.05) is 14.0 Å². The summed E-state index contributed by atoms with van der Waals surface area (Å²) in [7, 11) is 3.61. The van der Waals surface area contributed by atoms with Crippen molar-refractivity contribution in [1.29, 1.82) is 0 Å². The van der Waals surface area contributed by atoms with Gasteiger partial charge in [0, 0.05) is 31.2 Å². The van der Waals surface area contributed by atoms with Gasteiger partial charge in [-0.15, -0.1) is 5.10 Å². The van der Waals surface area contributed by atoms with Crippen molar-refractivity contribution in [2.24, 2.45) is 7.05 Å². The average molecular weight is 328 g/mol. The first-order valence-electron chi connectivity index (χ1n) is 6.90. The Morgan fingerprint density at radius 3 is 2.95 bits per heavy atom. The summed E-state index contributed by atoms with van der Waals surface area (Å²) < 4.78 is 11.9. The van der Waals surface area contributed by atoms with Crippen LogP contribution in [-0.2, 0) is 13.6 Å². The predicted octanol–water partition coefficient (Wildman–Crippen LogP) is 2.58. The van der Waals surface area contributed by atoms with E-state index < -0.39 is 0 Å². The van der Waals surface area contributed by atoms with Crippen molar-refractivity contribution in [3.63, 3.8) is 0 Å². The van der Waals surface area contributed by atoms with Crippen LogP contribution in [0.4, 0.5) is 0 Å². The minimum Gasteiger partial charge on any atom is -0.481 e. The zero-order valence-electron chi connectivity index (χ0n) is 12.3. The van der Waals surface area contributed by atoms with Gasteiger partial charge in [0.1, 0.15) is 10.0 Å². The fraction of sp³-hybridized carbons (Fsp3) is 0.615. The van der Waals surface area contributed by atoms with Crippen molar-refractivity contribution in [1.82, 2.24) is 24.3 Å². The van der Waals surface area contributed by atoms with Crippen molar-refractivity contribution in [3.05, 3.63) is 21.3 Å². The molecule has 6 nitrogen and oxygen atoms in total. The number of halogens is 1. The second-order valence-corrected chi connectivity index (χ2v) is 6.61. The summed E-state index contributed by atoms with van der Waals surface area (Å²) >= 11 is 7.37. The van der Waals surface area contributed by atoms with Gasteiger partial charge in [-0.05, 0) is 26.3 Å². The number of nitrogens with zero attached hydrogens (tertiary/aromatic N) is 5. The van der Waals surface area contributed by atoms with Crippen LogP contribution >= 0.6 is 23.1 Å². The van der Waals surface area contributed by atoms with Crippen LogP contribution in [0.25, 0.3) is 0 Å². The van der Waals surface area contributed by atoms with Gasteiger partial charge in [-0.1, -0.05) is 16.1 Å². The lowest BCUT2D eigenvalue weighted by atomic mass is 10.0. The normalized spacial score (nSPS) is 19.3. The van der Waals surface area contributed by atoms with E-state index in [0.717, 1.165) is 43.2 Å². The summed E-state index contributed by atoms with van der Waals surface area (Å²) in [5.41, 5.74) is 3.06. The first kappa shape index (κ1) is 14.7. The SMILES string of the molecule is COc1c([C@H]2CCCN2Cc2nnsc2Cl)c(C)nn1C. The van der Waals surface area contributed by atoms with Crippen LogP contribution in [0.5, 0.6) is 5.88 Å². The van der Waals surface area contributed by atoms with Crippen molar-refractivity contribution in [2.45, 2.75) is 32.4 Å². The lowest BCUT2D eigenvalue weighted by Crippen LogP contribution is -2.23. The van der Waals surface area contributed by atoms with Crippen LogP contribution in [0.3, 0.4) is 0 Å². The summed E-state index contributed by atoms with van der Waals surface area (Å²) in [6.07, 6.45) is 2.25. The Kier molecular flexibility index (Phi) is 4.14. The highest BCUT2D eigenvalue weighted by Crippen LogP contribution is 2.39. The maximum atomic E-state index is 6.13. The summed E-state index contributed by atoms with van der Waals surface area (Å²) in [5.74, 6) is 0.840. The van der Waals surface area contributed by atoms with Gasteiger partial charge in [0.25, 0.3) is 0 Å². The Labute approximate surface area is 132 Å². The Morgan fingerprint density at radius 1 is 1.48 bits per heavy atom. The van der Waals surface area contributed by atoms with E-state index >= 15 is 0 Å². The number of hydrogen-bond acceptors (Lipinski definition) is 6. The molecule has 1 saturated heterocycles. The third-order valence-electron chi connectivity index (χ3n) is 3.97. The second-order valence-electron chi connectivity index (χ2n) is 5.25. The predicted molar refractivity (Wildman–Crippen MR) is 81.8 cm³/mol. The lowest BCUT2D eigenvalue weighted by Gasteiger charge is -2.24. The Morgan fingerprint density at radius 2 is 2.29 bits per heavy atom. The van der Waals surface area contributed by atoms with E-state index in [1.165, 1.54) is 17.1 Å². The highest BCUT2D eigenvalue weighted by molar-refractivity contribution is 7.10. The smallest absolute Gasteiger partial charge is 0.216 e. The van der Waals surface area contributed by atoms with Crippen molar-refractivity contribution in [2.75, 3.05) is 13.7 Å². The molecule has 0 radical (unpaired) electrons. The van der Waals surface area contributed by atoms with Gasteiger partial charge >= 0.3 is 0 Å². The van der Waals surface area contributed by atoms with E-state index in [2.05, 4.69) is 19.6 Å². The van der Waals surface area contributed by atoms with Crippen molar-refractivity contribution >= 4 is 23.1 Å². The standard InChI is InChI=1S/C13H18ClN5OS/c1-8-11(13(20-3)18(2)16-8)10-5-4-6-19(10)7-9-12(14)21-17-15-9/h10H,4-7H2,1-3H3/t10-/m1/s1. The molecule has 0 amide bonds. The van der Waals surface area contributed by atoms with Gasteiger partial charge in [-0.2, -0.15) is 5.10 Å². The highest BCUT2D eigenvalue weighted by atomic mass is 35.5. The molecule has 114 valence electrons. The highest BCUT2D eigenvalue weighted by Gasteiger charge is 2.32. The van der Waals surface area contributed by atoms with Gasteiger partial charge in [0.05, 0.1) is 18.4 Å². The molecule has 0 unspecified atom stereocenters. The minimum atomic E-state index is 0.298. The average Bonchev–Trinajstić information content (AvgIpc) is 3.11. The molecular weight excluding hydrogens is 310 g/mol. The number of aromatic nitrogens is 4. The largest absolute Gasteiger partial charge is 0.481 e. The molecule has 3 rings (SSSR count). The third-order valence-corrected chi connectivity index (χ3v) is 4.95. The van der Waals surface area contributed by atoms with E-state index in [1.54, 1.807) is 11.8 Å². The van der Waals surface area contributed by atoms with Crippen molar-refractivity contribution in [3.8, 4) is 5.88 Å². The van der Waals surface area contributed by atoms with Crippen LogP contribution in [0, 0.1) is 6.92 Å². The first-order valence-corrected chi connectivity index (χ1v) is 8.05. The number of methoxy groups -OCH3 is 1. The van der Waals surface area contributed by atoms with E-state index in [9.17, 15) is 0 Å². The fourth-order valence-corrected chi connectivity index (χ4v) is 3.72. The Hall–Kier alpha value is -1.18. The molecule has 1 fully saturated rings. The maximum Gasteiger partial charge on any atom is 0.216 e. The monoisotopic (exact) mass is 327 g/mol. The molecule has 2 aromatic heterocycles. The van der Waals surface area contributed by atoms with Gasteiger partial charge in [-0.25, -0.2) is 4.68 Å². The molecule has 0 spiro atoms. The van der Waals surface area contributed by atoms with E-state index in [4.69, 9.17) is 16.3 Å². The molecule has 3 heterocycles. The van der Waals surface area contributed by atoms with Crippen LogP contribution in [0.15, 0.2) is 0 Å². The van der Waals surface area contributed by atoms with Crippen LogP contribution in [0.2, 0.25) is 4.34 Å². The number of aryl methyl sites for hydroxylation is 2. The quantitative estimate of drug-likeness (QED) is 0.864. The van der Waals surface area contributed by atoms with Gasteiger partial charge in [0.2, 0.25) is 5.88 Å². The molecule has 21 heavy (non-hydrogen) atoms. The zero-order valence-corrected chi connectivity index (χ0v) is 13.9. The topological polar surface area (TPSA) is 56.1 Å². The zero-order chi connectivity index (χ0) is 15.0. The molecule has 0 N–H and O–H groups in total. The fourth-order valence-electron chi connectivity index (χ4n) is 3.11. The summed E-state index contributed by atoms with van der Waals surface area (Å²) in [6.45, 7) is 3.78. The third kappa shape index (κ3) is 2.65. The Balaban J connectivity index is 1.89. The molecule has 8 heteroatoms. The molecule has 0 aromatic carbocycles. The number of ether oxygens (including phenoxy) is 1. The van der Waals surface area contributed by atoms with E-state index in [-0.39, 0.29) is 0 Å². The van der Waals surface area contributed by atoms with Gasteiger partial charge in [0.15, 0.2) is 0 Å². The molecule has 1 aliphatic rings. The summed E-state index contributed by atoms with van der Waals surface area (Å²) in [5, 5.41) is 8.61. The summed E-state index contributed by atoms with van der Waals surface area (Å²) in [6, 6.07) is 0.298. The summed E-state index contributed by atoms with van der Waals surface area (Å²) in [4.78, 5) is 2.38. The number of likely N-dealkylation sites (tertiary alicyclic amines) is 1. The molecule has 0 bridgehead atoms. The molecule has 1 atom stereocenters.